The minimum absolute atomic E-state index is 0. The molecule has 2 nitrogen and oxygen atoms in total. The zero-order chi connectivity index (χ0) is 5.15. The van der Waals surface area contributed by atoms with Crippen molar-refractivity contribution in [3.05, 3.63) is 12.2 Å². The number of carboxylic acid groups (broad SMARTS) is 1. The summed E-state index contributed by atoms with van der Waals surface area (Å²) in [5.74, 6) is -0.935. The molecule has 0 bridgehead atoms. The van der Waals surface area contributed by atoms with Crippen molar-refractivity contribution in [2.75, 3.05) is 0 Å². The number of rotatable bonds is 1. The molecule has 0 aromatic heterocycles. The van der Waals surface area contributed by atoms with Crippen molar-refractivity contribution in [3.8, 4) is 0 Å². The van der Waals surface area contributed by atoms with Crippen LogP contribution in [-0.4, -0.2) is 11.1 Å². The van der Waals surface area contributed by atoms with E-state index in [1.54, 1.807) is 0 Å². The Hall–Kier alpha value is -0.271. The normalized spacial score (nSPS) is 6.43. The Bertz CT molecular complexity index is 75.7. The van der Waals surface area contributed by atoms with Crippen LogP contribution < -0.4 is 0 Å². The molecule has 1 radical (unpaired) electrons. The van der Waals surface area contributed by atoms with E-state index in [1.807, 2.05) is 0 Å². The van der Waals surface area contributed by atoms with Crippen molar-refractivity contribution in [1.82, 2.24) is 0 Å². The fourth-order valence-corrected chi connectivity index (χ4v) is 0. The molecule has 0 aliphatic heterocycles. The Morgan fingerprint density at radius 3 is 1.86 bits per heavy atom. The van der Waals surface area contributed by atoms with E-state index in [0.717, 1.165) is 0 Å². The second-order valence-corrected chi connectivity index (χ2v) is 1.09. The molecule has 7 heavy (non-hydrogen) atoms. The van der Waals surface area contributed by atoms with Gasteiger partial charge in [-0.05, 0) is 6.92 Å². The smallest absolute Gasteiger partial charge is 0.330 e. The maximum Gasteiger partial charge on any atom is 0.330 e. The first-order valence-corrected chi connectivity index (χ1v) is 1.53. The molecule has 0 aromatic rings. The molecule has 41 valence electrons. The zero-order valence-corrected chi connectivity index (χ0v) is 5.12. The maximum atomic E-state index is 9.60. The van der Waals surface area contributed by atoms with Crippen LogP contribution in [0.25, 0.3) is 0 Å². The van der Waals surface area contributed by atoms with E-state index in [0.29, 0.717) is 0 Å². The van der Waals surface area contributed by atoms with Crippen LogP contribution in [0.5, 0.6) is 0 Å². The summed E-state index contributed by atoms with van der Waals surface area (Å²) in [7, 11) is 0. The van der Waals surface area contributed by atoms with E-state index in [-0.39, 0.29) is 22.6 Å². The molecule has 0 rings (SSSR count). The summed E-state index contributed by atoms with van der Waals surface area (Å²) in [6.07, 6.45) is 0. The third-order valence-corrected chi connectivity index (χ3v) is 0.365. The molecular formula is C4H6MnO2. The van der Waals surface area contributed by atoms with Gasteiger partial charge in [0.1, 0.15) is 0 Å². The SMILES string of the molecule is C=C(C)C(=O)O.[Mn]. The van der Waals surface area contributed by atoms with Crippen LogP contribution in [-0.2, 0) is 21.9 Å². The molecular weight excluding hydrogens is 135 g/mol. The molecule has 0 saturated carbocycles. The van der Waals surface area contributed by atoms with Gasteiger partial charge in [0.25, 0.3) is 0 Å². The van der Waals surface area contributed by atoms with Crippen LogP contribution in [0.3, 0.4) is 0 Å². The van der Waals surface area contributed by atoms with Gasteiger partial charge in [0.2, 0.25) is 0 Å². The summed E-state index contributed by atoms with van der Waals surface area (Å²) in [6, 6.07) is 0. The summed E-state index contributed by atoms with van der Waals surface area (Å²) in [6.45, 7) is 4.60. The van der Waals surface area contributed by atoms with E-state index in [1.165, 1.54) is 6.92 Å². The molecule has 1 N–H and O–H groups in total. The van der Waals surface area contributed by atoms with Gasteiger partial charge in [-0.25, -0.2) is 4.79 Å². The zero-order valence-electron chi connectivity index (χ0n) is 3.94. The Labute approximate surface area is 52.7 Å². The number of carboxylic acids is 1. The Morgan fingerprint density at radius 2 is 1.86 bits per heavy atom. The second kappa shape index (κ2) is 3.90. The third kappa shape index (κ3) is 5.73. The molecule has 0 fully saturated rings. The molecule has 0 spiro atoms. The molecule has 0 saturated heterocycles. The molecule has 0 unspecified atom stereocenters. The van der Waals surface area contributed by atoms with Gasteiger partial charge in [-0.2, -0.15) is 0 Å². The summed E-state index contributed by atoms with van der Waals surface area (Å²) in [5.41, 5.74) is 0.176. The van der Waals surface area contributed by atoms with Crippen molar-refractivity contribution in [3.63, 3.8) is 0 Å². The van der Waals surface area contributed by atoms with Gasteiger partial charge in [0.15, 0.2) is 0 Å². The van der Waals surface area contributed by atoms with Gasteiger partial charge < -0.3 is 5.11 Å². The molecule has 0 amide bonds. The van der Waals surface area contributed by atoms with Gasteiger partial charge in [0, 0.05) is 22.6 Å². The molecule has 0 aliphatic rings. The topological polar surface area (TPSA) is 37.3 Å². The van der Waals surface area contributed by atoms with E-state index in [2.05, 4.69) is 6.58 Å². The number of aliphatic carboxylic acids is 1. The van der Waals surface area contributed by atoms with Gasteiger partial charge in [-0.3, -0.25) is 0 Å². The number of hydrogen-bond donors (Lipinski definition) is 1. The molecule has 0 heterocycles. The van der Waals surface area contributed by atoms with Crippen LogP contribution in [0.2, 0.25) is 0 Å². The average molecular weight is 141 g/mol. The summed E-state index contributed by atoms with van der Waals surface area (Å²) in [5, 5.41) is 7.89. The van der Waals surface area contributed by atoms with Crippen molar-refractivity contribution in [2.45, 2.75) is 6.92 Å². The first-order chi connectivity index (χ1) is 2.64. The van der Waals surface area contributed by atoms with Crippen molar-refractivity contribution in [2.24, 2.45) is 0 Å². The number of carbonyl (C=O) groups is 1. The first-order valence-electron chi connectivity index (χ1n) is 1.53. The maximum absolute atomic E-state index is 9.60. The van der Waals surface area contributed by atoms with Gasteiger partial charge in [0.05, 0.1) is 0 Å². The number of hydrogen-bond acceptors (Lipinski definition) is 1. The summed E-state index contributed by atoms with van der Waals surface area (Å²) in [4.78, 5) is 9.60. The van der Waals surface area contributed by atoms with Crippen LogP contribution in [0.4, 0.5) is 0 Å². The van der Waals surface area contributed by atoms with Crippen molar-refractivity contribution < 1.29 is 27.0 Å². The van der Waals surface area contributed by atoms with Gasteiger partial charge in [-0.1, -0.05) is 6.58 Å². The summed E-state index contributed by atoms with van der Waals surface area (Å²) < 4.78 is 0. The van der Waals surface area contributed by atoms with Crippen molar-refractivity contribution in [1.29, 1.82) is 0 Å². The quantitative estimate of drug-likeness (QED) is 0.429. The van der Waals surface area contributed by atoms with Crippen LogP contribution in [0, 0.1) is 0 Å². The van der Waals surface area contributed by atoms with E-state index >= 15 is 0 Å². The predicted molar refractivity (Wildman–Crippen MR) is 22.4 cm³/mol. The minimum atomic E-state index is -0.935. The van der Waals surface area contributed by atoms with Crippen molar-refractivity contribution >= 4 is 5.97 Å². The molecule has 0 aromatic carbocycles. The molecule has 0 aliphatic carbocycles. The average Bonchev–Trinajstić information content (AvgIpc) is 1.36. The Morgan fingerprint density at radius 1 is 1.71 bits per heavy atom. The Balaban J connectivity index is 0. The van der Waals surface area contributed by atoms with Crippen LogP contribution in [0.15, 0.2) is 12.2 Å². The van der Waals surface area contributed by atoms with Crippen LogP contribution in [0.1, 0.15) is 6.92 Å². The standard InChI is InChI=1S/C4H6O2.Mn/c1-3(2)4(5)6;/h1H2,2H3,(H,5,6);. The van der Waals surface area contributed by atoms with E-state index in [9.17, 15) is 4.79 Å². The molecule has 3 heteroatoms. The van der Waals surface area contributed by atoms with Gasteiger partial charge >= 0.3 is 5.97 Å². The van der Waals surface area contributed by atoms with E-state index < -0.39 is 5.97 Å². The predicted octanol–water partition coefficient (Wildman–Crippen LogP) is 0.645. The monoisotopic (exact) mass is 141 g/mol. The fourth-order valence-electron chi connectivity index (χ4n) is 0. The summed E-state index contributed by atoms with van der Waals surface area (Å²) >= 11 is 0. The minimum Gasteiger partial charge on any atom is -0.478 e. The van der Waals surface area contributed by atoms with Gasteiger partial charge in [-0.15, -0.1) is 0 Å². The first kappa shape index (κ1) is 9.88. The molecule has 0 atom stereocenters. The largest absolute Gasteiger partial charge is 0.478 e. The van der Waals surface area contributed by atoms with E-state index in [4.69, 9.17) is 5.11 Å². The third-order valence-electron chi connectivity index (χ3n) is 0.365. The second-order valence-electron chi connectivity index (χ2n) is 1.09. The van der Waals surface area contributed by atoms with Crippen LogP contribution >= 0.6 is 0 Å². The Kier molecular flexibility index (Phi) is 5.51. The fraction of sp³-hybridized carbons (Fsp3) is 0.250.